The lowest BCUT2D eigenvalue weighted by Crippen LogP contribution is -2.29. The lowest BCUT2D eigenvalue weighted by atomic mass is 10.2. The van der Waals surface area contributed by atoms with Crippen LogP contribution in [0.15, 0.2) is 82.8 Å². The molecule has 4 heterocycles. The number of benzene rings is 2. The largest absolute Gasteiger partial charge is 0.573 e. The molecule has 1 aliphatic heterocycles. The molecule has 3 aromatic heterocycles. The van der Waals surface area contributed by atoms with Crippen molar-refractivity contribution in [2.24, 2.45) is 0 Å². The van der Waals surface area contributed by atoms with E-state index < -0.39 is 44.3 Å². The Bertz CT molecular complexity index is 2040. The van der Waals surface area contributed by atoms with Crippen molar-refractivity contribution < 1.29 is 39.9 Å². The molecule has 1 aliphatic rings. The van der Waals surface area contributed by atoms with E-state index in [0.717, 1.165) is 28.2 Å². The van der Waals surface area contributed by atoms with Crippen LogP contribution >= 0.6 is 0 Å². The average molecular weight is 636 g/mol. The summed E-state index contributed by atoms with van der Waals surface area (Å²) in [4.78, 5) is 8.77. The Morgan fingerprint density at radius 2 is 1.65 bits per heavy atom. The molecule has 1 N–H and O–H groups in total. The number of hydrogen-bond acceptors (Lipinski definition) is 8. The summed E-state index contributed by atoms with van der Waals surface area (Å²) in [6.45, 7) is 1.58. The number of halogens is 3. The van der Waals surface area contributed by atoms with E-state index in [2.05, 4.69) is 14.7 Å². The molecular formula is C27H24F3N5O6S2. The van der Waals surface area contributed by atoms with Crippen LogP contribution in [0.1, 0.15) is 31.3 Å². The first-order valence-electron chi connectivity index (χ1n) is 13.0. The van der Waals surface area contributed by atoms with Gasteiger partial charge in [-0.2, -0.15) is 4.31 Å². The average Bonchev–Trinajstić information content (AvgIpc) is 3.69. The van der Waals surface area contributed by atoms with Crippen molar-refractivity contribution in [2.75, 3.05) is 13.1 Å². The molecule has 0 amide bonds. The lowest BCUT2D eigenvalue weighted by molar-refractivity contribution is -0.274. The fourth-order valence-corrected chi connectivity index (χ4v) is 8.15. The first kappa shape index (κ1) is 29.1. The Balaban J connectivity index is 1.38. The minimum atomic E-state index is -4.91. The Morgan fingerprint density at radius 1 is 0.977 bits per heavy atom. The molecule has 1 fully saturated rings. The highest BCUT2D eigenvalue weighted by Crippen LogP contribution is 2.36. The first-order chi connectivity index (χ1) is 20.3. The fraction of sp³-hybridized carbons (Fsp3) is 0.259. The maximum Gasteiger partial charge on any atom is 0.573 e. The molecular weight excluding hydrogens is 611 g/mol. The van der Waals surface area contributed by atoms with Crippen molar-refractivity contribution in [3.05, 3.63) is 78.9 Å². The number of aliphatic hydroxyl groups is 1. The van der Waals surface area contributed by atoms with Gasteiger partial charge in [0, 0.05) is 24.7 Å². The summed E-state index contributed by atoms with van der Waals surface area (Å²) in [6.07, 6.45) is -2.84. The van der Waals surface area contributed by atoms with E-state index in [1.807, 2.05) is 0 Å². The van der Waals surface area contributed by atoms with Crippen molar-refractivity contribution in [1.29, 1.82) is 0 Å². The summed E-state index contributed by atoms with van der Waals surface area (Å²) < 4.78 is 99.0. The minimum absolute atomic E-state index is 0.0266. The van der Waals surface area contributed by atoms with E-state index in [0.29, 0.717) is 22.8 Å². The molecule has 6 rings (SSSR count). The highest BCUT2D eigenvalue weighted by atomic mass is 32.2. The third-order valence-corrected chi connectivity index (χ3v) is 10.8. The second-order valence-electron chi connectivity index (χ2n) is 10.00. The molecule has 0 aliphatic carbocycles. The number of nitrogens with zero attached hydrogens (tertiary/aromatic N) is 5. The van der Waals surface area contributed by atoms with E-state index in [-0.39, 0.29) is 34.4 Å². The van der Waals surface area contributed by atoms with E-state index in [9.17, 15) is 35.1 Å². The normalized spacial score (nSPS) is 17.6. The van der Waals surface area contributed by atoms with Crippen LogP contribution in [0.25, 0.3) is 22.1 Å². The molecule has 2 aromatic carbocycles. The topological polar surface area (TPSA) is 137 Å². The summed E-state index contributed by atoms with van der Waals surface area (Å²) in [5, 5.41) is 11.0. The van der Waals surface area contributed by atoms with Gasteiger partial charge in [0.15, 0.2) is 5.65 Å². The number of hydrogen-bond donors (Lipinski definition) is 1. The van der Waals surface area contributed by atoms with Crippen LogP contribution in [0, 0.1) is 0 Å². The smallest absolute Gasteiger partial charge is 0.406 e. The molecule has 0 bridgehead atoms. The van der Waals surface area contributed by atoms with Crippen LogP contribution in [-0.2, 0) is 20.0 Å². The number of alkyl halides is 3. The van der Waals surface area contributed by atoms with E-state index in [4.69, 9.17) is 0 Å². The Kier molecular flexibility index (Phi) is 6.99. The zero-order valence-corrected chi connectivity index (χ0v) is 24.0. The van der Waals surface area contributed by atoms with E-state index >= 15 is 0 Å². The number of imidazole rings is 1. The third kappa shape index (κ3) is 5.13. The fourth-order valence-electron chi connectivity index (χ4n) is 5.33. The molecule has 16 heteroatoms. The van der Waals surface area contributed by atoms with Crippen LogP contribution in [0.4, 0.5) is 13.2 Å². The van der Waals surface area contributed by atoms with Crippen molar-refractivity contribution in [2.45, 2.75) is 41.6 Å². The van der Waals surface area contributed by atoms with Crippen molar-refractivity contribution in [3.63, 3.8) is 0 Å². The number of sulfonamides is 1. The van der Waals surface area contributed by atoms with Crippen LogP contribution in [0.5, 0.6) is 5.75 Å². The highest BCUT2D eigenvalue weighted by molar-refractivity contribution is 7.90. The zero-order chi connectivity index (χ0) is 30.7. The van der Waals surface area contributed by atoms with Gasteiger partial charge in [0.05, 0.1) is 27.5 Å². The first-order valence-corrected chi connectivity index (χ1v) is 15.9. The second-order valence-corrected chi connectivity index (χ2v) is 13.8. The van der Waals surface area contributed by atoms with Gasteiger partial charge < -0.3 is 14.4 Å². The number of pyridine rings is 1. The summed E-state index contributed by atoms with van der Waals surface area (Å²) >= 11 is 0. The van der Waals surface area contributed by atoms with Gasteiger partial charge in [-0.25, -0.2) is 30.8 Å². The Morgan fingerprint density at radius 3 is 2.30 bits per heavy atom. The standard InChI is InChI=1S/C27H24F3N5O6S2/c1-17(36)25-32-23-15-31-26-22(12-14-34(26)43(39,40)20-5-3-2-4-6-20)24(23)35(25)18-11-13-33(16-18)42(37,38)21-9-7-19(8-10-21)41-27(28,29)30/h2-10,12,14-15,17-18,36H,11,13,16H2,1H3. The molecule has 2 atom stereocenters. The quantitative estimate of drug-likeness (QED) is 0.281. The Labute approximate surface area is 243 Å². The maximum atomic E-state index is 13.4. The molecule has 11 nitrogen and oxygen atoms in total. The number of fused-ring (bicyclic) bond motifs is 3. The van der Waals surface area contributed by atoms with Crippen LogP contribution in [0.2, 0.25) is 0 Å². The monoisotopic (exact) mass is 635 g/mol. The van der Waals surface area contributed by atoms with Gasteiger partial charge in [-0.05, 0) is 55.8 Å². The van der Waals surface area contributed by atoms with Crippen molar-refractivity contribution >= 4 is 42.1 Å². The summed E-state index contributed by atoms with van der Waals surface area (Å²) in [6, 6.07) is 12.9. The van der Waals surface area contributed by atoms with Crippen LogP contribution in [-0.4, -0.2) is 64.2 Å². The highest BCUT2D eigenvalue weighted by Gasteiger charge is 2.37. The number of ether oxygens (including phenoxy) is 1. The van der Waals surface area contributed by atoms with Crippen LogP contribution in [0.3, 0.4) is 0 Å². The predicted octanol–water partition coefficient (Wildman–Crippen LogP) is 4.21. The third-order valence-electron chi connectivity index (χ3n) is 7.22. The molecule has 1 saturated heterocycles. The predicted molar refractivity (Wildman–Crippen MR) is 148 cm³/mol. The van der Waals surface area contributed by atoms with Gasteiger partial charge in [0.1, 0.15) is 23.2 Å². The SMILES string of the molecule is CC(O)c1nc2cnc3c(ccn3S(=O)(=O)c3ccccc3)c2n1C1CCN(S(=O)(=O)c2ccc(OC(F)(F)F)cc2)C1. The molecule has 0 spiro atoms. The maximum absolute atomic E-state index is 13.4. The van der Waals surface area contributed by atoms with E-state index in [1.54, 1.807) is 28.8 Å². The number of aliphatic hydroxyl groups excluding tert-OH is 1. The lowest BCUT2D eigenvalue weighted by Gasteiger charge is -2.20. The van der Waals surface area contributed by atoms with Gasteiger partial charge in [-0.1, -0.05) is 18.2 Å². The molecule has 43 heavy (non-hydrogen) atoms. The van der Waals surface area contributed by atoms with Crippen LogP contribution < -0.4 is 4.74 Å². The number of aromatic nitrogens is 4. The van der Waals surface area contributed by atoms with E-state index in [1.165, 1.54) is 35.8 Å². The zero-order valence-electron chi connectivity index (χ0n) is 22.4. The summed E-state index contributed by atoms with van der Waals surface area (Å²) in [5.74, 6) is -0.295. The minimum Gasteiger partial charge on any atom is -0.406 e. The molecule has 2 unspecified atom stereocenters. The van der Waals surface area contributed by atoms with Gasteiger partial charge >= 0.3 is 6.36 Å². The molecule has 0 radical (unpaired) electrons. The summed E-state index contributed by atoms with van der Waals surface area (Å²) in [5.41, 5.74) is 1.01. The van der Waals surface area contributed by atoms with Gasteiger partial charge in [0.2, 0.25) is 10.0 Å². The second kappa shape index (κ2) is 10.3. The molecule has 226 valence electrons. The van der Waals surface area contributed by atoms with Gasteiger partial charge in [-0.3, -0.25) is 0 Å². The van der Waals surface area contributed by atoms with Gasteiger partial charge in [-0.15, -0.1) is 13.2 Å². The van der Waals surface area contributed by atoms with Gasteiger partial charge in [0.25, 0.3) is 10.0 Å². The van der Waals surface area contributed by atoms with Crippen molar-refractivity contribution in [1.82, 2.24) is 22.8 Å². The molecule has 5 aromatic rings. The molecule has 0 saturated carbocycles. The summed E-state index contributed by atoms with van der Waals surface area (Å²) in [7, 11) is -8.08. The van der Waals surface area contributed by atoms with Crippen molar-refractivity contribution in [3.8, 4) is 5.75 Å². The Hall–Kier alpha value is -3.99. The number of rotatable bonds is 7.